The molecule has 6 saturated carbocycles. The number of rotatable bonds is 7. The zero-order chi connectivity index (χ0) is 32.7. The van der Waals surface area contributed by atoms with Crippen LogP contribution in [0.3, 0.4) is 0 Å². The monoisotopic (exact) mass is 626 g/mol. The van der Waals surface area contributed by atoms with Crippen LogP contribution in [0.15, 0.2) is 0 Å². The highest BCUT2D eigenvalue weighted by molar-refractivity contribution is 5.87. The third-order valence-electron chi connectivity index (χ3n) is 16.1. The summed E-state index contributed by atoms with van der Waals surface area (Å²) in [7, 11) is 0. The fourth-order valence-electron chi connectivity index (χ4n) is 13.2. The summed E-state index contributed by atoms with van der Waals surface area (Å²) >= 11 is 0. The topological polar surface area (TPSA) is 116 Å². The quantitative estimate of drug-likeness (QED) is 0.255. The number of carboxylic acids is 1. The second kappa shape index (κ2) is 11.5. The molecule has 2 amide bonds. The molecular formula is C38H62N2O5. The maximum absolute atomic E-state index is 14.3. The van der Waals surface area contributed by atoms with Crippen LogP contribution in [0.4, 0.5) is 0 Å². The first kappa shape index (κ1) is 33.3. The van der Waals surface area contributed by atoms with E-state index in [0.717, 1.165) is 44.9 Å². The van der Waals surface area contributed by atoms with Crippen molar-refractivity contribution in [3.8, 4) is 0 Å². The summed E-state index contributed by atoms with van der Waals surface area (Å²) in [5, 5.41) is 26.6. The van der Waals surface area contributed by atoms with Gasteiger partial charge in [0.15, 0.2) is 0 Å². The van der Waals surface area contributed by atoms with Gasteiger partial charge in [0.1, 0.15) is 6.04 Å². The summed E-state index contributed by atoms with van der Waals surface area (Å²) in [5.74, 6) is 1.63. The van der Waals surface area contributed by atoms with Gasteiger partial charge in [0, 0.05) is 12.0 Å². The Bertz CT molecular complexity index is 1190. The minimum absolute atomic E-state index is 0.00534. The molecule has 0 bridgehead atoms. The second-order valence-corrected chi connectivity index (χ2v) is 18.2. The highest BCUT2D eigenvalue weighted by Gasteiger charge is 2.70. The molecule has 0 aromatic heterocycles. The first-order valence-corrected chi connectivity index (χ1v) is 18.6. The molecule has 6 fully saturated rings. The summed E-state index contributed by atoms with van der Waals surface area (Å²) in [4.78, 5) is 39.1. The van der Waals surface area contributed by atoms with Crippen molar-refractivity contribution in [2.24, 2.45) is 69.0 Å². The number of amides is 2. The molecule has 4 N–H and O–H groups in total. The number of aliphatic carboxylic acids is 1. The number of carboxylic acid groups (broad SMARTS) is 1. The van der Waals surface area contributed by atoms with Crippen LogP contribution in [0.1, 0.15) is 132 Å². The molecule has 254 valence electrons. The number of carbonyl (C=O) groups is 3. The van der Waals surface area contributed by atoms with E-state index in [1.165, 1.54) is 25.7 Å². The number of hydrogen-bond acceptors (Lipinski definition) is 4. The normalized spacial score (nSPS) is 49.4. The molecule has 7 heteroatoms. The van der Waals surface area contributed by atoms with E-state index < -0.39 is 12.0 Å². The SMILES string of the molecule is CC(C)CC(NC(=O)C1CC(NC(=O)C23CCCC2C2CCC4C5(C)CCC(O)C(C)C5CCC4(C)[C@]2(C)CC3)C1C)C(=O)O. The molecule has 6 rings (SSSR count). The molecule has 6 aliphatic carbocycles. The minimum Gasteiger partial charge on any atom is -0.480 e. The lowest BCUT2D eigenvalue weighted by Crippen LogP contribution is -2.66. The van der Waals surface area contributed by atoms with E-state index in [1.54, 1.807) is 0 Å². The molecule has 0 aromatic rings. The molecule has 0 aromatic carbocycles. The molecule has 0 aliphatic heterocycles. The van der Waals surface area contributed by atoms with E-state index in [4.69, 9.17) is 0 Å². The Labute approximate surface area is 271 Å². The number of fused-ring (bicyclic) bond motifs is 7. The van der Waals surface area contributed by atoms with Crippen LogP contribution < -0.4 is 10.6 Å². The van der Waals surface area contributed by atoms with Gasteiger partial charge < -0.3 is 20.8 Å². The van der Waals surface area contributed by atoms with Crippen molar-refractivity contribution in [3.05, 3.63) is 0 Å². The van der Waals surface area contributed by atoms with Crippen LogP contribution in [0.25, 0.3) is 0 Å². The fraction of sp³-hybridized carbons (Fsp3) is 0.921. The van der Waals surface area contributed by atoms with Gasteiger partial charge in [-0.3, -0.25) is 9.59 Å². The van der Waals surface area contributed by atoms with Crippen LogP contribution in [-0.4, -0.2) is 46.2 Å². The van der Waals surface area contributed by atoms with Crippen molar-refractivity contribution in [3.63, 3.8) is 0 Å². The number of aliphatic hydroxyl groups is 1. The number of aliphatic hydroxyl groups excluding tert-OH is 1. The average molecular weight is 627 g/mol. The van der Waals surface area contributed by atoms with Gasteiger partial charge in [-0.15, -0.1) is 0 Å². The van der Waals surface area contributed by atoms with Gasteiger partial charge in [0.2, 0.25) is 11.8 Å². The molecule has 14 atom stereocenters. The first-order chi connectivity index (χ1) is 21.1. The lowest BCUT2D eigenvalue weighted by Gasteiger charge is -2.71. The number of nitrogens with one attached hydrogen (secondary N) is 2. The van der Waals surface area contributed by atoms with Crippen LogP contribution in [-0.2, 0) is 14.4 Å². The maximum Gasteiger partial charge on any atom is 0.326 e. The third-order valence-corrected chi connectivity index (χ3v) is 16.1. The lowest BCUT2D eigenvalue weighted by molar-refractivity contribution is -0.232. The second-order valence-electron chi connectivity index (χ2n) is 18.2. The van der Waals surface area contributed by atoms with Crippen molar-refractivity contribution in [2.75, 3.05) is 0 Å². The molecule has 13 unspecified atom stereocenters. The average Bonchev–Trinajstić information content (AvgIpc) is 3.42. The van der Waals surface area contributed by atoms with Gasteiger partial charge in [-0.2, -0.15) is 0 Å². The summed E-state index contributed by atoms with van der Waals surface area (Å²) in [6.07, 6.45) is 13.2. The smallest absolute Gasteiger partial charge is 0.326 e. The lowest BCUT2D eigenvalue weighted by atomic mass is 9.33. The molecule has 6 aliphatic rings. The van der Waals surface area contributed by atoms with E-state index in [1.807, 2.05) is 20.8 Å². The van der Waals surface area contributed by atoms with E-state index in [0.29, 0.717) is 47.8 Å². The van der Waals surface area contributed by atoms with Crippen molar-refractivity contribution >= 4 is 17.8 Å². The Morgan fingerprint density at radius 2 is 1.56 bits per heavy atom. The van der Waals surface area contributed by atoms with E-state index in [-0.39, 0.29) is 58.0 Å². The molecule has 45 heavy (non-hydrogen) atoms. The highest BCUT2D eigenvalue weighted by Crippen LogP contribution is 2.76. The molecule has 0 radical (unpaired) electrons. The maximum atomic E-state index is 14.3. The van der Waals surface area contributed by atoms with Crippen molar-refractivity contribution in [1.29, 1.82) is 0 Å². The summed E-state index contributed by atoms with van der Waals surface area (Å²) in [5.41, 5.74) is 0.493. The van der Waals surface area contributed by atoms with Crippen molar-refractivity contribution in [2.45, 2.75) is 150 Å². The zero-order valence-electron chi connectivity index (χ0n) is 29.2. The van der Waals surface area contributed by atoms with Crippen LogP contribution in [0.5, 0.6) is 0 Å². The largest absolute Gasteiger partial charge is 0.480 e. The minimum atomic E-state index is -0.985. The Kier molecular flexibility index (Phi) is 8.51. The van der Waals surface area contributed by atoms with Gasteiger partial charge in [0.25, 0.3) is 0 Å². The van der Waals surface area contributed by atoms with E-state index in [2.05, 4.69) is 38.3 Å². The Morgan fingerprint density at radius 3 is 2.22 bits per heavy atom. The number of hydrogen-bond donors (Lipinski definition) is 4. The molecular weight excluding hydrogens is 564 g/mol. The first-order valence-electron chi connectivity index (χ1n) is 18.6. The van der Waals surface area contributed by atoms with Gasteiger partial charge >= 0.3 is 5.97 Å². The Balaban J connectivity index is 1.14. The van der Waals surface area contributed by atoms with Crippen LogP contribution in [0, 0.1) is 69.0 Å². The molecule has 0 saturated heterocycles. The predicted molar refractivity (Wildman–Crippen MR) is 175 cm³/mol. The Hall–Kier alpha value is -1.63. The molecule has 0 heterocycles. The number of carbonyl (C=O) groups excluding carboxylic acids is 2. The van der Waals surface area contributed by atoms with E-state index >= 15 is 0 Å². The molecule has 7 nitrogen and oxygen atoms in total. The van der Waals surface area contributed by atoms with Crippen LogP contribution in [0.2, 0.25) is 0 Å². The van der Waals surface area contributed by atoms with Gasteiger partial charge in [-0.05, 0) is 135 Å². The highest BCUT2D eigenvalue weighted by atomic mass is 16.4. The summed E-state index contributed by atoms with van der Waals surface area (Å²) in [6.45, 7) is 16.1. The summed E-state index contributed by atoms with van der Waals surface area (Å²) in [6, 6.07) is -0.895. The fourth-order valence-corrected chi connectivity index (χ4v) is 13.2. The van der Waals surface area contributed by atoms with E-state index in [9.17, 15) is 24.6 Å². The molecule has 0 spiro atoms. The Morgan fingerprint density at radius 1 is 0.822 bits per heavy atom. The third kappa shape index (κ3) is 4.93. The van der Waals surface area contributed by atoms with Gasteiger partial charge in [0.05, 0.1) is 11.5 Å². The predicted octanol–water partition coefficient (Wildman–Crippen LogP) is 6.57. The van der Waals surface area contributed by atoms with Gasteiger partial charge in [-0.1, -0.05) is 54.9 Å². The zero-order valence-corrected chi connectivity index (χ0v) is 29.2. The van der Waals surface area contributed by atoms with Crippen LogP contribution >= 0.6 is 0 Å². The van der Waals surface area contributed by atoms with Crippen molar-refractivity contribution in [1.82, 2.24) is 10.6 Å². The van der Waals surface area contributed by atoms with Gasteiger partial charge in [-0.25, -0.2) is 4.79 Å². The summed E-state index contributed by atoms with van der Waals surface area (Å²) < 4.78 is 0. The standard InChI is InChI=1S/C38H62N2O5/c1-21(2)19-29(33(43)44)39-32(42)24-20-28(22(24)3)40-34(45)38-14-8-9-27(38)26-10-11-31-35(5)15-13-30(41)23(4)25(35)12-16-37(31,7)36(26,6)17-18-38/h21-31,41H,8-20H2,1-7H3,(H,39,42)(H,40,45)(H,43,44)/t22?,23?,24?,25?,26?,27?,28?,29?,30?,31?,35?,36-,37?,38?/m1/s1. The van der Waals surface area contributed by atoms with Crippen molar-refractivity contribution < 1.29 is 24.6 Å².